The van der Waals surface area contributed by atoms with Crippen LogP contribution >= 0.6 is 7.82 Å². The highest BCUT2D eigenvalue weighted by molar-refractivity contribution is 7.47. The summed E-state index contributed by atoms with van der Waals surface area (Å²) in [5.74, 6) is -0.787. The largest absolute Gasteiger partial charge is 0.472 e. The number of carbonyl (C=O) groups is 2. The van der Waals surface area contributed by atoms with Gasteiger partial charge in [0.2, 0.25) is 0 Å². The fourth-order valence-corrected chi connectivity index (χ4v) is 12.0. The SMILES string of the molecule is CC/C=C\C/C=C\C/C=C\C/C=C\C/C=C\C/C=C\C/C=C\C/C=C\CCCCCCCCCCCCCCCCCCC(=O)OC(COC(=O)CCCCCCCCCCCCCCCCCCCCCC/C=C\C/C=C\C/C=C\C/C=C\CC)COP(=O)(O)OCC[N+](C)(C)C. The molecule has 2 unspecified atom stereocenters. The molecule has 0 bridgehead atoms. The molecule has 0 aliphatic heterocycles. The van der Waals surface area contributed by atoms with Crippen LogP contribution < -0.4 is 0 Å². The number of carbonyl (C=O) groups excluding carboxylic acids is 2. The van der Waals surface area contributed by atoms with Crippen molar-refractivity contribution in [1.82, 2.24) is 0 Å². The number of phosphoric acid groups is 1. The van der Waals surface area contributed by atoms with Crippen LogP contribution in [0, 0.1) is 0 Å². The summed E-state index contributed by atoms with van der Waals surface area (Å²) < 4.78 is 34.8. The molecule has 0 amide bonds. The van der Waals surface area contributed by atoms with Crippen molar-refractivity contribution in [3.05, 3.63) is 146 Å². The van der Waals surface area contributed by atoms with Crippen molar-refractivity contribution in [2.24, 2.45) is 0 Å². The topological polar surface area (TPSA) is 108 Å². The number of hydrogen-bond donors (Lipinski definition) is 1. The molecule has 10 heteroatoms. The number of hydrogen-bond acceptors (Lipinski definition) is 7. The van der Waals surface area contributed by atoms with Crippen LogP contribution in [0.5, 0.6) is 0 Å². The Kier molecular flexibility index (Phi) is 73.8. The van der Waals surface area contributed by atoms with Gasteiger partial charge in [0.15, 0.2) is 6.10 Å². The Labute approximate surface area is 605 Å². The van der Waals surface area contributed by atoms with Crippen molar-refractivity contribution < 1.29 is 42.1 Å². The summed E-state index contributed by atoms with van der Waals surface area (Å²) in [6.45, 7) is 4.24. The van der Waals surface area contributed by atoms with E-state index in [1.54, 1.807) is 0 Å². The minimum Gasteiger partial charge on any atom is -0.462 e. The zero-order chi connectivity index (χ0) is 71.1. The molecule has 562 valence electrons. The predicted molar refractivity (Wildman–Crippen MR) is 427 cm³/mol. The van der Waals surface area contributed by atoms with E-state index in [4.69, 9.17) is 18.5 Å². The molecule has 0 aromatic heterocycles. The molecule has 0 aliphatic carbocycles. The molecule has 0 fully saturated rings. The van der Waals surface area contributed by atoms with E-state index in [1.807, 2.05) is 21.1 Å². The van der Waals surface area contributed by atoms with Crippen molar-refractivity contribution >= 4 is 19.8 Å². The van der Waals surface area contributed by atoms with Crippen LogP contribution in [0.1, 0.15) is 348 Å². The summed E-state index contributed by atoms with van der Waals surface area (Å²) in [5, 5.41) is 0. The van der Waals surface area contributed by atoms with Crippen molar-refractivity contribution in [1.29, 1.82) is 0 Å². The number of rotatable bonds is 74. The quantitative estimate of drug-likeness (QED) is 0.0211. The number of esters is 2. The number of ether oxygens (including phenoxy) is 2. The van der Waals surface area contributed by atoms with E-state index in [2.05, 4.69) is 160 Å². The summed E-state index contributed by atoms with van der Waals surface area (Å²) in [4.78, 5) is 36.0. The fraction of sp³-hybridized carbons (Fsp3) is 0.705. The summed E-state index contributed by atoms with van der Waals surface area (Å²) in [7, 11) is 1.48. The first kappa shape index (κ1) is 93.9. The van der Waals surface area contributed by atoms with Gasteiger partial charge in [0.25, 0.3) is 0 Å². The second kappa shape index (κ2) is 77.1. The number of unbranched alkanes of at least 4 members (excludes halogenated alkanes) is 36. The molecule has 0 spiro atoms. The number of quaternary nitrogens is 1. The Morgan fingerprint density at radius 1 is 0.316 bits per heavy atom. The van der Waals surface area contributed by atoms with Crippen LogP contribution in [-0.2, 0) is 32.7 Å². The molecular weight excluding hydrogens is 1230 g/mol. The lowest BCUT2D eigenvalue weighted by Gasteiger charge is -2.24. The number of allylic oxidation sites excluding steroid dienone is 24. The normalized spacial score (nSPS) is 13.8. The highest BCUT2D eigenvalue weighted by Crippen LogP contribution is 2.43. The number of phosphoric ester groups is 1. The zero-order valence-electron chi connectivity index (χ0n) is 64.2. The smallest absolute Gasteiger partial charge is 0.462 e. The van der Waals surface area contributed by atoms with Crippen molar-refractivity contribution in [2.45, 2.75) is 354 Å². The molecule has 98 heavy (non-hydrogen) atoms. The third kappa shape index (κ3) is 80.9. The molecule has 1 N–H and O–H groups in total. The Morgan fingerprint density at radius 3 is 0.816 bits per heavy atom. The van der Waals surface area contributed by atoms with Gasteiger partial charge in [-0.1, -0.05) is 365 Å². The molecule has 0 radical (unpaired) electrons. The van der Waals surface area contributed by atoms with Crippen LogP contribution in [0.3, 0.4) is 0 Å². The third-order valence-electron chi connectivity index (χ3n) is 17.4. The summed E-state index contributed by atoms with van der Waals surface area (Å²) in [6.07, 6.45) is 114. The highest BCUT2D eigenvalue weighted by Gasteiger charge is 2.27. The van der Waals surface area contributed by atoms with Gasteiger partial charge in [-0.15, -0.1) is 0 Å². The Hall–Kier alpha value is -4.11. The fourth-order valence-electron chi connectivity index (χ4n) is 11.3. The van der Waals surface area contributed by atoms with E-state index in [1.165, 1.54) is 199 Å². The van der Waals surface area contributed by atoms with Gasteiger partial charge in [0.05, 0.1) is 27.7 Å². The third-order valence-corrected chi connectivity index (χ3v) is 18.3. The Bertz CT molecular complexity index is 2170. The van der Waals surface area contributed by atoms with Crippen molar-refractivity contribution in [3.63, 3.8) is 0 Å². The maximum Gasteiger partial charge on any atom is 0.472 e. The molecular formula is C88H153NO8P+. The maximum absolute atomic E-state index is 12.9. The lowest BCUT2D eigenvalue weighted by Crippen LogP contribution is -2.37. The number of likely N-dealkylation sites (N-methyl/N-ethyl adjacent to an activating group) is 1. The number of nitrogens with zero attached hydrogens (tertiary/aromatic N) is 1. The minimum absolute atomic E-state index is 0.0288. The van der Waals surface area contributed by atoms with E-state index in [0.29, 0.717) is 17.4 Å². The predicted octanol–water partition coefficient (Wildman–Crippen LogP) is 27.3. The van der Waals surface area contributed by atoms with Gasteiger partial charge in [-0.05, 0) is 116 Å². The molecule has 0 rings (SSSR count). The standard InChI is InChI=1S/C88H152NO8P/c1-6-8-10-12-14-16-18-20-22-24-26-28-30-32-34-36-38-40-41-42-43-44-45-46-47-49-51-53-55-57-59-61-63-65-67-69-71-73-75-77-79-81-88(91)97-86(85-96-98(92,93)95-83-82-89(3,4)5)84-94-87(90)80-78-76-74-72-70-68-66-64-62-60-58-56-54-52-50-48-39-37-35-33-31-29-27-25-23-21-19-17-15-13-11-9-7-2/h8-11,14-17,20-23,26-29,32,34,38,40,42-43,45-46,86H,6-7,12-13,18-19,24-25,30-31,33,35-37,39,41,44,47-85H2,1-5H3/p+1/b10-8-,11-9-,16-14-,17-15-,22-20-,23-21-,28-26-,29-27-,34-32-,40-38-,43-42-,46-45-. The van der Waals surface area contributed by atoms with Crippen LogP contribution in [0.4, 0.5) is 0 Å². The Balaban J connectivity index is 3.97. The van der Waals surface area contributed by atoms with Crippen molar-refractivity contribution in [3.8, 4) is 0 Å². The summed E-state index contributed by atoms with van der Waals surface area (Å²) >= 11 is 0. The molecule has 0 aromatic carbocycles. The van der Waals surface area contributed by atoms with Gasteiger partial charge < -0.3 is 18.9 Å². The second-order valence-corrected chi connectivity index (χ2v) is 29.5. The van der Waals surface area contributed by atoms with E-state index in [-0.39, 0.29) is 32.0 Å². The molecule has 0 aromatic rings. The van der Waals surface area contributed by atoms with Gasteiger partial charge >= 0.3 is 19.8 Å². The molecule has 9 nitrogen and oxygen atoms in total. The second-order valence-electron chi connectivity index (χ2n) is 28.0. The first-order valence-electron chi connectivity index (χ1n) is 40.6. The van der Waals surface area contributed by atoms with E-state index in [9.17, 15) is 19.0 Å². The first-order valence-corrected chi connectivity index (χ1v) is 42.1. The van der Waals surface area contributed by atoms with Crippen molar-refractivity contribution in [2.75, 3.05) is 47.5 Å². The highest BCUT2D eigenvalue weighted by atomic mass is 31.2. The van der Waals surface area contributed by atoms with E-state index < -0.39 is 26.5 Å². The van der Waals surface area contributed by atoms with Gasteiger partial charge in [-0.3, -0.25) is 18.6 Å². The lowest BCUT2D eigenvalue weighted by atomic mass is 10.0. The van der Waals surface area contributed by atoms with Gasteiger partial charge in [-0.25, -0.2) is 4.57 Å². The van der Waals surface area contributed by atoms with Gasteiger partial charge in [0.1, 0.15) is 19.8 Å². The van der Waals surface area contributed by atoms with E-state index in [0.717, 1.165) is 116 Å². The van der Waals surface area contributed by atoms with Gasteiger partial charge in [-0.2, -0.15) is 0 Å². The summed E-state index contributed by atoms with van der Waals surface area (Å²) in [5.41, 5.74) is 0. The Morgan fingerprint density at radius 2 is 0.551 bits per heavy atom. The van der Waals surface area contributed by atoms with Crippen LogP contribution in [0.2, 0.25) is 0 Å². The average Bonchev–Trinajstić information content (AvgIpc) is 1.08. The molecule has 2 atom stereocenters. The van der Waals surface area contributed by atoms with Crippen LogP contribution in [0.15, 0.2) is 146 Å². The average molecular weight is 1380 g/mol. The molecule has 0 heterocycles. The van der Waals surface area contributed by atoms with Crippen LogP contribution in [0.25, 0.3) is 0 Å². The zero-order valence-corrected chi connectivity index (χ0v) is 65.1. The lowest BCUT2D eigenvalue weighted by molar-refractivity contribution is -0.870. The monoisotopic (exact) mass is 1380 g/mol. The van der Waals surface area contributed by atoms with E-state index >= 15 is 0 Å². The molecule has 0 aliphatic rings. The molecule has 0 saturated heterocycles. The van der Waals surface area contributed by atoms with Crippen LogP contribution in [-0.4, -0.2) is 74.9 Å². The van der Waals surface area contributed by atoms with Gasteiger partial charge in [0, 0.05) is 12.8 Å². The maximum atomic E-state index is 12.9. The summed E-state index contributed by atoms with van der Waals surface area (Å²) in [6, 6.07) is 0. The molecule has 0 saturated carbocycles. The first-order chi connectivity index (χ1) is 48.0. The minimum atomic E-state index is -4.40.